The van der Waals surface area contributed by atoms with Gasteiger partial charge < -0.3 is 28.4 Å². The van der Waals surface area contributed by atoms with Gasteiger partial charge >= 0.3 is 23.9 Å². The summed E-state index contributed by atoms with van der Waals surface area (Å²) in [6.07, 6.45) is 2.57. The Labute approximate surface area is 282 Å². The van der Waals surface area contributed by atoms with Gasteiger partial charge in [0.05, 0.1) is 10.7 Å². The highest BCUT2D eigenvalue weighted by Gasteiger charge is 2.43. The van der Waals surface area contributed by atoms with Gasteiger partial charge in [0.1, 0.15) is 22.8 Å². The predicted molar refractivity (Wildman–Crippen MR) is 177 cm³/mol. The lowest BCUT2D eigenvalue weighted by atomic mass is 9.92. The van der Waals surface area contributed by atoms with Crippen LogP contribution in [0, 0.1) is 0 Å². The van der Waals surface area contributed by atoms with E-state index in [9.17, 15) is 24.0 Å². The smallest absolute Gasteiger partial charge is 0.308 e. The number of hydrogen-bond acceptors (Lipinski definition) is 13. The van der Waals surface area contributed by atoms with E-state index in [4.69, 9.17) is 28.4 Å². The van der Waals surface area contributed by atoms with Crippen LogP contribution in [0.25, 0.3) is 0 Å². The molecule has 3 atom stereocenters. The lowest BCUT2D eigenvalue weighted by Gasteiger charge is -2.34. The van der Waals surface area contributed by atoms with E-state index in [0.29, 0.717) is 17.6 Å². The highest BCUT2D eigenvalue weighted by molar-refractivity contribution is 8.19. The molecule has 0 saturated carbocycles. The molecule has 0 radical (unpaired) electrons. The van der Waals surface area contributed by atoms with E-state index in [1.807, 2.05) is 11.8 Å². The average Bonchev–Trinajstić information content (AvgIpc) is 2.95. The molecule has 0 aliphatic carbocycles. The van der Waals surface area contributed by atoms with E-state index in [-0.39, 0.29) is 38.2 Å². The number of thioether (sulfide) groups is 2. The maximum Gasteiger partial charge on any atom is 0.308 e. The first-order chi connectivity index (χ1) is 22.2. The normalized spacial score (nSPS) is 19.9. The number of rotatable bonds is 12. The Balaban J connectivity index is 1.56. The number of unbranched alkanes of at least 4 members (excludes halogenated alkanes) is 2. The molecule has 0 bridgehead atoms. The van der Waals surface area contributed by atoms with Crippen molar-refractivity contribution in [3.63, 3.8) is 0 Å². The molecule has 13 heteroatoms. The van der Waals surface area contributed by atoms with Gasteiger partial charge in [0.15, 0.2) is 17.6 Å². The van der Waals surface area contributed by atoms with Crippen molar-refractivity contribution in [2.24, 2.45) is 0 Å². The Morgan fingerprint density at radius 2 is 1.53 bits per heavy atom. The second-order valence-electron chi connectivity index (χ2n) is 11.7. The summed E-state index contributed by atoms with van der Waals surface area (Å²) in [5.41, 5.74) is 0.193. The van der Waals surface area contributed by atoms with Crippen LogP contribution in [0.4, 0.5) is 0 Å². The average molecular weight is 689 g/mol. The Kier molecular flexibility index (Phi) is 12.2. The number of ether oxygens (including phenoxy) is 6. The number of carbonyl (C=O) groups is 5. The van der Waals surface area contributed by atoms with Crippen molar-refractivity contribution in [2.45, 2.75) is 95.2 Å². The monoisotopic (exact) mass is 688 g/mol. The van der Waals surface area contributed by atoms with E-state index >= 15 is 0 Å². The number of esters is 4. The first-order valence-electron chi connectivity index (χ1n) is 15.4. The fraction of sp³-hybridized carbons (Fsp3) is 0.500. The highest BCUT2D eigenvalue weighted by Crippen LogP contribution is 2.47. The third-order valence-electron chi connectivity index (χ3n) is 7.20. The number of benzene rings is 2. The summed E-state index contributed by atoms with van der Waals surface area (Å²) in [6.45, 7) is 9.67. The Hall–Kier alpha value is -3.71. The van der Waals surface area contributed by atoms with E-state index in [2.05, 4.69) is 25.6 Å². The van der Waals surface area contributed by atoms with E-state index < -0.39 is 41.9 Å². The van der Waals surface area contributed by atoms with Crippen LogP contribution < -0.4 is 23.7 Å². The van der Waals surface area contributed by atoms with Crippen molar-refractivity contribution in [3.8, 4) is 28.7 Å². The molecule has 0 amide bonds. The summed E-state index contributed by atoms with van der Waals surface area (Å²) in [5.74, 6) is -2.08. The summed E-state index contributed by atoms with van der Waals surface area (Å²) in [4.78, 5) is 61.4. The molecule has 1 saturated heterocycles. The quantitative estimate of drug-likeness (QED) is 0.134. The van der Waals surface area contributed by atoms with Gasteiger partial charge in [-0.05, 0) is 51.0 Å². The van der Waals surface area contributed by atoms with Crippen molar-refractivity contribution >= 4 is 53.2 Å². The molecule has 2 aromatic carbocycles. The summed E-state index contributed by atoms with van der Waals surface area (Å²) in [7, 11) is 0. The molecule has 4 rings (SSSR count). The zero-order chi connectivity index (χ0) is 34.3. The molecule has 3 unspecified atom stereocenters. The maximum absolute atomic E-state index is 13.9. The van der Waals surface area contributed by atoms with Crippen LogP contribution in [0.5, 0.6) is 28.7 Å². The molecule has 2 heterocycles. The molecule has 0 aromatic heterocycles. The van der Waals surface area contributed by atoms with Gasteiger partial charge in [0.2, 0.25) is 11.9 Å². The highest BCUT2D eigenvalue weighted by atomic mass is 32.2. The van der Waals surface area contributed by atoms with Crippen LogP contribution in [0.2, 0.25) is 0 Å². The van der Waals surface area contributed by atoms with E-state index in [1.165, 1.54) is 63.3 Å². The minimum absolute atomic E-state index is 0.0313. The fourth-order valence-corrected chi connectivity index (χ4v) is 8.68. The summed E-state index contributed by atoms with van der Waals surface area (Å²) in [5, 5.41) is 0.667. The van der Waals surface area contributed by atoms with Crippen molar-refractivity contribution < 1.29 is 52.4 Å². The summed E-state index contributed by atoms with van der Waals surface area (Å²) < 4.78 is 33.7. The Morgan fingerprint density at radius 1 is 0.851 bits per heavy atom. The maximum atomic E-state index is 13.9. The summed E-state index contributed by atoms with van der Waals surface area (Å²) >= 11 is 4.07. The standard InChI is InChI=1S/C34H40O11S2/c1-19(35)41-26-12-11-23(16-27(26)42-20(2)36)32-33(44-22(4)38)31(39)30-28(43-21(3)37)17-24(18-29(30)45-32)40-14-9-7-8-10-25-13-15-46-34(5,6)47-25/h11-12,16-18,25,32-33H,7-10,13-15H2,1-6H3. The SMILES string of the molecule is CC(=O)Oc1ccc(C2Oc3cc(OCCCCCC4CCSC(C)(C)S4)cc(OC(C)=O)c3C(=O)C2OC(C)=O)cc1OC(C)=O. The van der Waals surface area contributed by atoms with Crippen LogP contribution in [-0.2, 0) is 23.9 Å². The van der Waals surface area contributed by atoms with Crippen LogP contribution in [0.15, 0.2) is 30.3 Å². The zero-order valence-corrected chi connectivity index (χ0v) is 29.0. The molecule has 0 N–H and O–H groups in total. The molecule has 2 aromatic rings. The van der Waals surface area contributed by atoms with Crippen LogP contribution in [0.1, 0.15) is 95.7 Å². The van der Waals surface area contributed by atoms with E-state index in [0.717, 1.165) is 32.6 Å². The molecular weight excluding hydrogens is 648 g/mol. The van der Waals surface area contributed by atoms with Crippen LogP contribution in [0.3, 0.4) is 0 Å². The minimum atomic E-state index is -1.49. The number of ketones is 1. The van der Waals surface area contributed by atoms with Crippen molar-refractivity contribution in [1.82, 2.24) is 0 Å². The van der Waals surface area contributed by atoms with Gasteiger partial charge in [-0.25, -0.2) is 0 Å². The second-order valence-corrected chi connectivity index (χ2v) is 15.6. The lowest BCUT2D eigenvalue weighted by Crippen LogP contribution is -2.40. The van der Waals surface area contributed by atoms with Crippen molar-refractivity contribution in [2.75, 3.05) is 12.4 Å². The van der Waals surface area contributed by atoms with Gasteiger partial charge in [-0.1, -0.05) is 18.9 Å². The van der Waals surface area contributed by atoms with Gasteiger partial charge in [-0.15, -0.1) is 23.5 Å². The van der Waals surface area contributed by atoms with Gasteiger partial charge in [0.25, 0.3) is 0 Å². The number of carbonyl (C=O) groups excluding carboxylic acids is 5. The largest absolute Gasteiger partial charge is 0.493 e. The van der Waals surface area contributed by atoms with Crippen molar-refractivity contribution in [1.29, 1.82) is 0 Å². The Bertz CT molecular complexity index is 1520. The topological polar surface area (TPSA) is 141 Å². The molecule has 1 fully saturated rings. The summed E-state index contributed by atoms with van der Waals surface area (Å²) in [6, 6.07) is 7.19. The number of Topliss-reactive ketones (excluding diaryl/α,β-unsaturated/α-hetero) is 1. The van der Waals surface area contributed by atoms with Gasteiger partial charge in [-0.2, -0.15) is 0 Å². The third-order valence-corrected chi connectivity index (χ3v) is 10.4. The molecule has 47 heavy (non-hydrogen) atoms. The molecule has 0 spiro atoms. The molecule has 2 aliphatic heterocycles. The molecular formula is C34H40O11S2. The van der Waals surface area contributed by atoms with E-state index in [1.54, 1.807) is 0 Å². The first kappa shape index (κ1) is 36.1. The van der Waals surface area contributed by atoms with Crippen molar-refractivity contribution in [3.05, 3.63) is 41.5 Å². The predicted octanol–water partition coefficient (Wildman–Crippen LogP) is 6.62. The second kappa shape index (κ2) is 15.9. The fourth-order valence-electron chi connectivity index (χ4n) is 5.39. The third kappa shape index (κ3) is 10.1. The van der Waals surface area contributed by atoms with Gasteiger partial charge in [0, 0.05) is 50.6 Å². The van der Waals surface area contributed by atoms with Crippen LogP contribution in [-0.4, -0.2) is 57.5 Å². The number of fused-ring (bicyclic) bond motifs is 1. The first-order valence-corrected chi connectivity index (χ1v) is 17.3. The Morgan fingerprint density at radius 3 is 2.19 bits per heavy atom. The minimum Gasteiger partial charge on any atom is -0.493 e. The van der Waals surface area contributed by atoms with Crippen LogP contribution >= 0.6 is 23.5 Å². The molecule has 2 aliphatic rings. The molecule has 254 valence electrons. The molecule has 11 nitrogen and oxygen atoms in total. The number of hydrogen-bond donors (Lipinski definition) is 0. The zero-order valence-electron chi connectivity index (χ0n) is 27.4. The lowest BCUT2D eigenvalue weighted by molar-refractivity contribution is -0.149. The van der Waals surface area contributed by atoms with Gasteiger partial charge in [-0.3, -0.25) is 24.0 Å².